The molecule has 0 unspecified atom stereocenters. The molecular weight excluding hydrogens is 238 g/mol. The van der Waals surface area contributed by atoms with Crippen molar-refractivity contribution in [3.8, 4) is 5.75 Å². The van der Waals surface area contributed by atoms with Crippen LogP contribution in [0.5, 0.6) is 5.75 Å². The minimum Gasteiger partial charge on any atom is -0.494 e. The lowest BCUT2D eigenvalue weighted by Gasteiger charge is -2.05. The first-order chi connectivity index (χ1) is 9.26. The van der Waals surface area contributed by atoms with Gasteiger partial charge in [0.05, 0.1) is 6.61 Å². The fraction of sp³-hybridized carbons (Fsp3) is 0.312. The maximum atomic E-state index is 11.3. The van der Waals surface area contributed by atoms with E-state index in [1.54, 1.807) is 12.2 Å². The molecule has 0 radical (unpaired) electrons. The molecule has 102 valence electrons. The Balaban J connectivity index is 2.45. The van der Waals surface area contributed by atoms with E-state index in [1.807, 2.05) is 24.3 Å². The van der Waals surface area contributed by atoms with Crippen LogP contribution in [0.15, 0.2) is 43.0 Å². The topological polar surface area (TPSA) is 38.3 Å². The normalized spacial score (nSPS) is 10.4. The summed E-state index contributed by atoms with van der Waals surface area (Å²) in [4.78, 5) is 11.3. The van der Waals surface area contributed by atoms with E-state index in [2.05, 4.69) is 18.8 Å². The van der Waals surface area contributed by atoms with E-state index >= 15 is 0 Å². The van der Waals surface area contributed by atoms with Crippen LogP contribution in [0, 0.1) is 0 Å². The molecule has 3 heteroatoms. The average Bonchev–Trinajstić information content (AvgIpc) is 2.44. The van der Waals surface area contributed by atoms with Gasteiger partial charge in [0.2, 0.25) is 5.91 Å². The number of unbranched alkanes of at least 4 members (excludes halogenated alkanes) is 1. The Hall–Kier alpha value is -2.03. The molecule has 0 aliphatic rings. The number of benzene rings is 1. The molecule has 1 amide bonds. The second-order valence-electron chi connectivity index (χ2n) is 4.14. The Morgan fingerprint density at radius 3 is 2.74 bits per heavy atom. The number of carbonyl (C=O) groups excluding carboxylic acids is 1. The van der Waals surface area contributed by atoms with E-state index in [0.717, 1.165) is 30.8 Å². The van der Waals surface area contributed by atoms with Gasteiger partial charge in [-0.2, -0.15) is 0 Å². The van der Waals surface area contributed by atoms with Crippen molar-refractivity contribution in [3.63, 3.8) is 0 Å². The first-order valence-corrected chi connectivity index (χ1v) is 6.56. The Morgan fingerprint density at radius 2 is 2.11 bits per heavy atom. The van der Waals surface area contributed by atoms with E-state index in [1.165, 1.54) is 6.08 Å². The van der Waals surface area contributed by atoms with Crippen LogP contribution < -0.4 is 10.1 Å². The van der Waals surface area contributed by atoms with Crippen LogP contribution in [0.4, 0.5) is 0 Å². The highest BCUT2D eigenvalue weighted by Gasteiger charge is 1.95. The molecule has 3 nitrogen and oxygen atoms in total. The van der Waals surface area contributed by atoms with Crippen LogP contribution in [0.3, 0.4) is 0 Å². The SMILES string of the molecule is C=CCNC(=O)/C=C/c1ccc(OCCCC)cc1. The molecule has 0 atom stereocenters. The van der Waals surface area contributed by atoms with Gasteiger partial charge in [-0.3, -0.25) is 4.79 Å². The number of nitrogens with one attached hydrogen (secondary N) is 1. The molecule has 0 aliphatic carbocycles. The maximum absolute atomic E-state index is 11.3. The van der Waals surface area contributed by atoms with Gasteiger partial charge < -0.3 is 10.1 Å². The van der Waals surface area contributed by atoms with Gasteiger partial charge in [0.25, 0.3) is 0 Å². The summed E-state index contributed by atoms with van der Waals surface area (Å²) in [5.74, 6) is 0.741. The van der Waals surface area contributed by atoms with Gasteiger partial charge in [-0.1, -0.05) is 31.6 Å². The molecule has 0 aliphatic heterocycles. The molecule has 0 fully saturated rings. The van der Waals surface area contributed by atoms with E-state index in [4.69, 9.17) is 4.74 Å². The van der Waals surface area contributed by atoms with Crippen molar-refractivity contribution in [1.29, 1.82) is 0 Å². The summed E-state index contributed by atoms with van der Waals surface area (Å²) >= 11 is 0. The van der Waals surface area contributed by atoms with Crippen molar-refractivity contribution in [3.05, 3.63) is 48.6 Å². The molecular formula is C16H21NO2. The third kappa shape index (κ3) is 6.46. The lowest BCUT2D eigenvalue weighted by molar-refractivity contribution is -0.116. The number of ether oxygens (including phenoxy) is 1. The molecule has 1 aromatic carbocycles. The van der Waals surface area contributed by atoms with Gasteiger partial charge in [0.1, 0.15) is 5.75 Å². The van der Waals surface area contributed by atoms with Gasteiger partial charge >= 0.3 is 0 Å². The number of carbonyl (C=O) groups is 1. The molecule has 1 rings (SSSR count). The molecule has 1 aromatic rings. The summed E-state index contributed by atoms with van der Waals surface area (Å²) in [7, 11) is 0. The van der Waals surface area contributed by atoms with Crippen LogP contribution in [-0.4, -0.2) is 19.1 Å². The van der Waals surface area contributed by atoms with E-state index in [0.29, 0.717) is 6.54 Å². The molecule has 0 saturated carbocycles. The van der Waals surface area contributed by atoms with Gasteiger partial charge in [0, 0.05) is 12.6 Å². The van der Waals surface area contributed by atoms with Gasteiger partial charge in [-0.15, -0.1) is 6.58 Å². The summed E-state index contributed by atoms with van der Waals surface area (Å²) in [5, 5.41) is 2.68. The van der Waals surface area contributed by atoms with Crippen LogP contribution in [0.25, 0.3) is 6.08 Å². The summed E-state index contributed by atoms with van der Waals surface area (Å²) in [5.41, 5.74) is 0.969. The lowest BCUT2D eigenvalue weighted by atomic mass is 10.2. The Kier molecular flexibility index (Phi) is 7.10. The highest BCUT2D eigenvalue weighted by molar-refractivity contribution is 5.91. The average molecular weight is 259 g/mol. The molecule has 0 saturated heterocycles. The smallest absolute Gasteiger partial charge is 0.244 e. The second kappa shape index (κ2) is 8.97. The van der Waals surface area contributed by atoms with Crippen molar-refractivity contribution in [2.24, 2.45) is 0 Å². The van der Waals surface area contributed by atoms with Crippen molar-refractivity contribution in [1.82, 2.24) is 5.32 Å². The summed E-state index contributed by atoms with van der Waals surface area (Å²) in [6.07, 6.45) is 7.12. The van der Waals surface area contributed by atoms with Crippen molar-refractivity contribution >= 4 is 12.0 Å². The molecule has 0 heterocycles. The van der Waals surface area contributed by atoms with E-state index < -0.39 is 0 Å². The predicted molar refractivity (Wildman–Crippen MR) is 79.1 cm³/mol. The Morgan fingerprint density at radius 1 is 1.37 bits per heavy atom. The second-order valence-corrected chi connectivity index (χ2v) is 4.14. The summed E-state index contributed by atoms with van der Waals surface area (Å²) in [6.45, 7) is 6.90. The summed E-state index contributed by atoms with van der Waals surface area (Å²) in [6, 6.07) is 7.69. The molecule has 1 N–H and O–H groups in total. The highest BCUT2D eigenvalue weighted by Crippen LogP contribution is 2.13. The minimum absolute atomic E-state index is 0.122. The minimum atomic E-state index is -0.122. The molecule has 0 spiro atoms. The zero-order chi connectivity index (χ0) is 13.9. The van der Waals surface area contributed by atoms with Crippen LogP contribution in [-0.2, 0) is 4.79 Å². The zero-order valence-electron chi connectivity index (χ0n) is 11.4. The third-order valence-electron chi connectivity index (χ3n) is 2.49. The Bertz CT molecular complexity index is 421. The van der Waals surface area contributed by atoms with Crippen molar-refractivity contribution < 1.29 is 9.53 Å². The quantitative estimate of drug-likeness (QED) is 0.442. The standard InChI is InChI=1S/C16H21NO2/c1-3-5-13-19-15-9-6-14(7-10-15)8-11-16(18)17-12-4-2/h4,6-11H,2-3,5,12-13H2,1H3,(H,17,18)/b11-8+. The summed E-state index contributed by atoms with van der Waals surface area (Å²) < 4.78 is 5.57. The van der Waals surface area contributed by atoms with Crippen molar-refractivity contribution in [2.75, 3.05) is 13.2 Å². The number of hydrogen-bond donors (Lipinski definition) is 1. The largest absolute Gasteiger partial charge is 0.494 e. The zero-order valence-corrected chi connectivity index (χ0v) is 11.4. The Labute approximate surface area is 115 Å². The highest BCUT2D eigenvalue weighted by atomic mass is 16.5. The fourth-order valence-electron chi connectivity index (χ4n) is 1.41. The number of hydrogen-bond acceptors (Lipinski definition) is 2. The van der Waals surface area contributed by atoms with Crippen LogP contribution in [0.1, 0.15) is 25.3 Å². The maximum Gasteiger partial charge on any atom is 0.244 e. The van der Waals surface area contributed by atoms with Crippen LogP contribution in [0.2, 0.25) is 0 Å². The van der Waals surface area contributed by atoms with Gasteiger partial charge in [-0.25, -0.2) is 0 Å². The van der Waals surface area contributed by atoms with Gasteiger partial charge in [0.15, 0.2) is 0 Å². The van der Waals surface area contributed by atoms with Crippen LogP contribution >= 0.6 is 0 Å². The first kappa shape index (κ1) is 15.0. The number of amides is 1. The number of rotatable bonds is 8. The predicted octanol–water partition coefficient (Wildman–Crippen LogP) is 3.18. The van der Waals surface area contributed by atoms with Gasteiger partial charge in [-0.05, 0) is 30.2 Å². The monoisotopic (exact) mass is 259 g/mol. The molecule has 19 heavy (non-hydrogen) atoms. The first-order valence-electron chi connectivity index (χ1n) is 6.56. The van der Waals surface area contributed by atoms with Crippen molar-refractivity contribution in [2.45, 2.75) is 19.8 Å². The lowest BCUT2D eigenvalue weighted by Crippen LogP contribution is -2.20. The molecule has 0 aromatic heterocycles. The van der Waals surface area contributed by atoms with E-state index in [-0.39, 0.29) is 5.91 Å². The fourth-order valence-corrected chi connectivity index (χ4v) is 1.41. The third-order valence-corrected chi connectivity index (χ3v) is 2.49. The van der Waals surface area contributed by atoms with E-state index in [9.17, 15) is 4.79 Å². The molecule has 0 bridgehead atoms.